The quantitative estimate of drug-likeness (QED) is 0.403. The SMILES string of the molecule is N#Cc1ccnc(N2C(=O)OCCC2C(=O)N(c2cccc(F)c2)C(C(=O)NC2CC(F)(F)C2)c2ccccc2Cl)c1. The van der Waals surface area contributed by atoms with E-state index in [-0.39, 0.29) is 40.7 Å². The van der Waals surface area contributed by atoms with Gasteiger partial charge in [-0.15, -0.1) is 0 Å². The molecule has 0 spiro atoms. The summed E-state index contributed by atoms with van der Waals surface area (Å²) in [4.78, 5) is 47.4. The average molecular weight is 598 g/mol. The van der Waals surface area contributed by atoms with E-state index in [1.54, 1.807) is 12.1 Å². The molecule has 2 heterocycles. The fourth-order valence-corrected chi connectivity index (χ4v) is 5.26. The molecule has 1 aliphatic heterocycles. The Bertz CT molecular complexity index is 1570. The van der Waals surface area contributed by atoms with Crippen LogP contribution in [0.25, 0.3) is 0 Å². The molecule has 2 unspecified atom stereocenters. The summed E-state index contributed by atoms with van der Waals surface area (Å²) in [5.41, 5.74) is 0.267. The molecule has 0 bridgehead atoms. The largest absolute Gasteiger partial charge is 0.449 e. The van der Waals surface area contributed by atoms with Crippen LogP contribution in [0.5, 0.6) is 0 Å². The summed E-state index contributed by atoms with van der Waals surface area (Å²) in [5.74, 6) is -5.34. The van der Waals surface area contributed by atoms with Crippen molar-refractivity contribution in [3.05, 3.63) is 88.8 Å². The first-order valence-electron chi connectivity index (χ1n) is 12.9. The minimum absolute atomic E-state index is 0.0411. The summed E-state index contributed by atoms with van der Waals surface area (Å²) in [7, 11) is 0. The summed E-state index contributed by atoms with van der Waals surface area (Å²) in [6.45, 7) is -0.152. The average Bonchev–Trinajstić information content (AvgIpc) is 2.95. The Morgan fingerprint density at radius 2 is 1.93 bits per heavy atom. The molecule has 3 amide bonds. The second kappa shape index (κ2) is 11.7. The van der Waals surface area contributed by atoms with Crippen molar-refractivity contribution < 1.29 is 32.3 Å². The van der Waals surface area contributed by atoms with Gasteiger partial charge >= 0.3 is 6.09 Å². The van der Waals surface area contributed by atoms with E-state index in [0.717, 1.165) is 21.9 Å². The van der Waals surface area contributed by atoms with Crippen molar-refractivity contribution in [3.63, 3.8) is 0 Å². The van der Waals surface area contributed by atoms with Crippen LogP contribution in [0, 0.1) is 17.1 Å². The summed E-state index contributed by atoms with van der Waals surface area (Å²) >= 11 is 6.49. The standard InChI is InChI=1S/C29H23ClF3N5O4/c30-22-7-2-1-6-21(22)25(26(39)36-19-14-29(32,33)15-19)37(20-5-3-4-18(31)13-20)27(40)23-9-11-42-28(41)38(23)24-12-17(16-34)8-10-35-24/h1-8,10,12-13,19,23,25H,9,11,14-15H2,(H,36,39). The van der Waals surface area contributed by atoms with E-state index in [2.05, 4.69) is 10.3 Å². The molecule has 3 aromatic rings. The van der Waals surface area contributed by atoms with Crippen LogP contribution in [-0.2, 0) is 14.3 Å². The number of aromatic nitrogens is 1. The van der Waals surface area contributed by atoms with E-state index in [9.17, 15) is 32.8 Å². The maximum Gasteiger partial charge on any atom is 0.416 e. The molecule has 42 heavy (non-hydrogen) atoms. The lowest BCUT2D eigenvalue weighted by Crippen LogP contribution is -2.58. The van der Waals surface area contributed by atoms with E-state index >= 15 is 0 Å². The molecule has 1 saturated carbocycles. The first-order chi connectivity index (χ1) is 20.1. The van der Waals surface area contributed by atoms with Crippen LogP contribution in [0.15, 0.2) is 66.9 Å². The molecule has 2 aliphatic rings. The third kappa shape index (κ3) is 5.87. The van der Waals surface area contributed by atoms with Gasteiger partial charge in [0, 0.05) is 47.8 Å². The van der Waals surface area contributed by atoms with Gasteiger partial charge in [0.2, 0.25) is 5.91 Å². The van der Waals surface area contributed by atoms with Crippen LogP contribution in [0.4, 0.5) is 29.5 Å². The molecule has 2 aromatic carbocycles. The number of rotatable bonds is 7. The minimum atomic E-state index is -2.93. The Balaban J connectivity index is 1.62. The maximum absolute atomic E-state index is 14.6. The number of amides is 3. The van der Waals surface area contributed by atoms with E-state index in [0.29, 0.717) is 0 Å². The summed E-state index contributed by atoms with van der Waals surface area (Å²) in [6.07, 6.45) is -0.830. The van der Waals surface area contributed by atoms with E-state index in [1.807, 2.05) is 6.07 Å². The molecule has 1 aliphatic carbocycles. The maximum atomic E-state index is 14.6. The number of carbonyl (C=O) groups excluding carboxylic acids is 3. The number of ether oxygens (including phenoxy) is 1. The Hall–Kier alpha value is -4.63. The Morgan fingerprint density at radius 1 is 1.17 bits per heavy atom. The highest BCUT2D eigenvalue weighted by atomic mass is 35.5. The molecule has 216 valence electrons. The number of nitrogens with one attached hydrogen (secondary N) is 1. The van der Waals surface area contributed by atoms with Gasteiger partial charge in [-0.05, 0) is 36.4 Å². The number of halogens is 4. The number of pyridine rings is 1. The number of carbonyl (C=O) groups is 3. The smallest absolute Gasteiger partial charge is 0.416 e. The molecule has 5 rings (SSSR count). The second-order valence-electron chi connectivity index (χ2n) is 9.89. The van der Waals surface area contributed by atoms with Crippen molar-refractivity contribution in [1.29, 1.82) is 5.26 Å². The summed E-state index contributed by atoms with van der Waals surface area (Å²) < 4.78 is 46.9. The van der Waals surface area contributed by atoms with Gasteiger partial charge in [-0.1, -0.05) is 35.9 Å². The van der Waals surface area contributed by atoms with Crippen LogP contribution in [0.1, 0.15) is 36.4 Å². The molecule has 2 fully saturated rings. The Morgan fingerprint density at radius 3 is 2.62 bits per heavy atom. The predicted octanol–water partition coefficient (Wildman–Crippen LogP) is 5.15. The first kappa shape index (κ1) is 28.9. The lowest BCUT2D eigenvalue weighted by Gasteiger charge is -2.40. The number of cyclic esters (lactones) is 1. The van der Waals surface area contributed by atoms with Gasteiger partial charge in [0.15, 0.2) is 0 Å². The molecular formula is C29H23ClF3N5O4. The number of anilines is 2. The highest BCUT2D eigenvalue weighted by molar-refractivity contribution is 6.31. The van der Waals surface area contributed by atoms with Crippen LogP contribution >= 0.6 is 11.6 Å². The van der Waals surface area contributed by atoms with Crippen molar-refractivity contribution in [1.82, 2.24) is 10.3 Å². The monoisotopic (exact) mass is 597 g/mol. The van der Waals surface area contributed by atoms with Gasteiger partial charge < -0.3 is 10.1 Å². The van der Waals surface area contributed by atoms with Crippen molar-refractivity contribution in [2.45, 2.75) is 43.3 Å². The zero-order valence-corrected chi connectivity index (χ0v) is 22.6. The number of hydrogen-bond donors (Lipinski definition) is 1. The second-order valence-corrected chi connectivity index (χ2v) is 10.3. The lowest BCUT2D eigenvalue weighted by molar-refractivity contribution is -0.133. The van der Waals surface area contributed by atoms with Crippen molar-refractivity contribution >= 4 is 41.0 Å². The van der Waals surface area contributed by atoms with Crippen molar-refractivity contribution in [3.8, 4) is 6.07 Å². The van der Waals surface area contributed by atoms with Gasteiger partial charge in [-0.2, -0.15) is 5.26 Å². The third-order valence-electron chi connectivity index (χ3n) is 7.00. The predicted molar refractivity (Wildman–Crippen MR) is 145 cm³/mol. The lowest BCUT2D eigenvalue weighted by atomic mass is 9.87. The van der Waals surface area contributed by atoms with Crippen LogP contribution in [0.2, 0.25) is 5.02 Å². The number of nitriles is 1. The van der Waals surface area contributed by atoms with Crippen molar-refractivity contribution in [2.75, 3.05) is 16.4 Å². The highest BCUT2D eigenvalue weighted by Crippen LogP contribution is 2.39. The van der Waals surface area contributed by atoms with E-state index in [4.69, 9.17) is 16.3 Å². The summed E-state index contributed by atoms with van der Waals surface area (Å²) in [5, 5.41) is 12.0. The molecule has 1 aromatic heterocycles. The normalized spacial score (nSPS) is 18.7. The molecule has 13 heteroatoms. The zero-order chi connectivity index (χ0) is 30.0. The molecule has 0 radical (unpaired) electrons. The topological polar surface area (TPSA) is 116 Å². The van der Waals surface area contributed by atoms with Crippen LogP contribution in [-0.4, -0.2) is 47.5 Å². The van der Waals surface area contributed by atoms with Gasteiger partial charge in [0.1, 0.15) is 23.7 Å². The fourth-order valence-electron chi connectivity index (χ4n) is 5.02. The van der Waals surface area contributed by atoms with Crippen LogP contribution in [0.3, 0.4) is 0 Å². The number of nitrogens with zero attached hydrogens (tertiary/aromatic N) is 4. The van der Waals surface area contributed by atoms with Gasteiger partial charge in [0.05, 0.1) is 18.2 Å². The van der Waals surface area contributed by atoms with Gasteiger partial charge in [-0.25, -0.2) is 27.8 Å². The van der Waals surface area contributed by atoms with Crippen molar-refractivity contribution in [2.24, 2.45) is 0 Å². The number of alkyl halides is 2. The Labute approximate surface area is 243 Å². The molecule has 1 N–H and O–H groups in total. The van der Waals surface area contributed by atoms with Gasteiger partial charge in [0.25, 0.3) is 11.8 Å². The summed E-state index contributed by atoms with van der Waals surface area (Å²) in [6, 6.07) is 12.0. The fraction of sp³-hybridized carbons (Fsp3) is 0.276. The minimum Gasteiger partial charge on any atom is -0.449 e. The Kier molecular flexibility index (Phi) is 8.04. The number of benzene rings is 2. The van der Waals surface area contributed by atoms with Gasteiger partial charge in [-0.3, -0.25) is 14.5 Å². The van der Waals surface area contributed by atoms with E-state index in [1.165, 1.54) is 42.6 Å². The molecule has 1 saturated heterocycles. The molecule has 9 nitrogen and oxygen atoms in total. The zero-order valence-electron chi connectivity index (χ0n) is 21.8. The molecule has 2 atom stereocenters. The third-order valence-corrected chi connectivity index (χ3v) is 7.34. The molecular weight excluding hydrogens is 575 g/mol. The number of hydrogen-bond acceptors (Lipinski definition) is 6. The first-order valence-corrected chi connectivity index (χ1v) is 13.3. The highest BCUT2D eigenvalue weighted by Gasteiger charge is 2.48. The van der Waals surface area contributed by atoms with E-state index < -0.39 is 60.6 Å². The van der Waals surface area contributed by atoms with Crippen LogP contribution < -0.4 is 15.1 Å².